The zero-order valence-electron chi connectivity index (χ0n) is 16.9. The average molecular weight is 429 g/mol. The van der Waals surface area contributed by atoms with Gasteiger partial charge in [-0.2, -0.15) is 4.31 Å². The fourth-order valence-corrected chi connectivity index (χ4v) is 5.38. The number of benzene rings is 2. The van der Waals surface area contributed by atoms with Crippen LogP contribution in [0.5, 0.6) is 0 Å². The van der Waals surface area contributed by atoms with Gasteiger partial charge in [0, 0.05) is 31.4 Å². The van der Waals surface area contributed by atoms with Crippen LogP contribution in [0.3, 0.4) is 0 Å². The topological polar surface area (TPSA) is 98.8 Å². The summed E-state index contributed by atoms with van der Waals surface area (Å²) in [5.74, 6) is -0.899. The van der Waals surface area contributed by atoms with Crippen molar-refractivity contribution < 1.29 is 18.0 Å². The largest absolute Gasteiger partial charge is 0.366 e. The molecule has 1 unspecified atom stereocenters. The third-order valence-electron chi connectivity index (χ3n) is 5.45. The molecule has 0 aliphatic carbocycles. The number of rotatable bonds is 3. The second-order valence-corrected chi connectivity index (χ2v) is 9.66. The van der Waals surface area contributed by atoms with E-state index in [2.05, 4.69) is 27.7 Å². The van der Waals surface area contributed by atoms with Gasteiger partial charge in [0.2, 0.25) is 21.8 Å². The van der Waals surface area contributed by atoms with Crippen molar-refractivity contribution in [2.75, 3.05) is 35.2 Å². The molecule has 2 amide bonds. The second-order valence-electron chi connectivity index (χ2n) is 7.72. The Kier molecular flexibility index (Phi) is 5.25. The predicted octanol–water partition coefficient (Wildman–Crippen LogP) is 2.18. The van der Waals surface area contributed by atoms with Gasteiger partial charge < -0.3 is 15.5 Å². The van der Waals surface area contributed by atoms with E-state index in [4.69, 9.17) is 0 Å². The molecule has 8 nitrogen and oxygen atoms in total. The Morgan fingerprint density at radius 3 is 2.27 bits per heavy atom. The molecule has 30 heavy (non-hydrogen) atoms. The Hall–Kier alpha value is -2.91. The maximum atomic E-state index is 13.2. The number of carbonyl (C=O) groups is 2. The number of carbonyl (C=O) groups excluding carboxylic acids is 2. The SMILES string of the molecule is Cc1ccc(N2CCN(S(=O)(=O)c3ccc4c(c3)NC(=O)CC(=O)N4)CC2C)cc1. The van der Waals surface area contributed by atoms with Gasteiger partial charge in [0.25, 0.3) is 0 Å². The molecule has 0 spiro atoms. The molecule has 158 valence electrons. The van der Waals surface area contributed by atoms with E-state index in [9.17, 15) is 18.0 Å². The first-order valence-electron chi connectivity index (χ1n) is 9.81. The molecule has 1 saturated heterocycles. The van der Waals surface area contributed by atoms with Gasteiger partial charge in [-0.15, -0.1) is 0 Å². The molecule has 1 fully saturated rings. The first-order chi connectivity index (χ1) is 14.2. The summed E-state index contributed by atoms with van der Waals surface area (Å²) in [4.78, 5) is 25.8. The highest BCUT2D eigenvalue weighted by Crippen LogP contribution is 2.30. The predicted molar refractivity (Wildman–Crippen MR) is 115 cm³/mol. The molecule has 2 aromatic rings. The lowest BCUT2D eigenvalue weighted by atomic mass is 10.1. The van der Waals surface area contributed by atoms with Gasteiger partial charge in [-0.3, -0.25) is 9.59 Å². The van der Waals surface area contributed by atoms with Gasteiger partial charge in [0.05, 0.1) is 16.3 Å². The van der Waals surface area contributed by atoms with Crippen molar-refractivity contribution in [3.8, 4) is 0 Å². The van der Waals surface area contributed by atoms with Crippen molar-refractivity contribution in [1.82, 2.24) is 4.31 Å². The first-order valence-corrected chi connectivity index (χ1v) is 11.3. The lowest BCUT2D eigenvalue weighted by molar-refractivity contribution is -0.123. The van der Waals surface area contributed by atoms with Crippen LogP contribution in [-0.4, -0.2) is 50.2 Å². The molecule has 2 aliphatic heterocycles. The number of hydrogen-bond donors (Lipinski definition) is 2. The van der Waals surface area contributed by atoms with E-state index in [0.29, 0.717) is 31.0 Å². The monoisotopic (exact) mass is 428 g/mol. The van der Waals surface area contributed by atoms with Crippen LogP contribution in [0.4, 0.5) is 17.1 Å². The number of nitrogens with zero attached hydrogens (tertiary/aromatic N) is 2. The lowest BCUT2D eigenvalue weighted by Crippen LogP contribution is -2.53. The molecule has 2 heterocycles. The fraction of sp³-hybridized carbons (Fsp3) is 0.333. The van der Waals surface area contributed by atoms with Crippen LogP contribution in [0.2, 0.25) is 0 Å². The lowest BCUT2D eigenvalue weighted by Gasteiger charge is -2.40. The van der Waals surface area contributed by atoms with Gasteiger partial charge in [-0.25, -0.2) is 8.42 Å². The summed E-state index contributed by atoms with van der Waals surface area (Å²) in [5.41, 5.74) is 2.94. The van der Waals surface area contributed by atoms with Crippen LogP contribution in [0.25, 0.3) is 0 Å². The fourth-order valence-electron chi connectivity index (χ4n) is 3.84. The Morgan fingerprint density at radius 1 is 0.933 bits per heavy atom. The third-order valence-corrected chi connectivity index (χ3v) is 7.32. The summed E-state index contributed by atoms with van der Waals surface area (Å²) in [7, 11) is -3.74. The van der Waals surface area contributed by atoms with Crippen molar-refractivity contribution in [1.29, 1.82) is 0 Å². The normalized spacial score (nSPS) is 20.2. The molecular weight excluding hydrogens is 404 g/mol. The van der Waals surface area contributed by atoms with Gasteiger partial charge in [-0.05, 0) is 44.2 Å². The van der Waals surface area contributed by atoms with Crippen LogP contribution < -0.4 is 15.5 Å². The van der Waals surface area contributed by atoms with Crippen molar-refractivity contribution in [3.05, 3.63) is 48.0 Å². The van der Waals surface area contributed by atoms with E-state index in [0.717, 1.165) is 5.69 Å². The molecule has 4 rings (SSSR count). The van der Waals surface area contributed by atoms with E-state index < -0.39 is 21.8 Å². The van der Waals surface area contributed by atoms with Crippen LogP contribution in [0.15, 0.2) is 47.4 Å². The molecule has 2 aliphatic rings. The number of piperazine rings is 1. The number of sulfonamides is 1. The molecule has 0 saturated carbocycles. The number of nitrogens with one attached hydrogen (secondary N) is 2. The molecule has 2 aromatic carbocycles. The maximum absolute atomic E-state index is 13.2. The van der Waals surface area contributed by atoms with Crippen molar-refractivity contribution in [2.45, 2.75) is 31.2 Å². The van der Waals surface area contributed by atoms with Gasteiger partial charge in [-0.1, -0.05) is 17.7 Å². The zero-order chi connectivity index (χ0) is 21.5. The van der Waals surface area contributed by atoms with Gasteiger partial charge in [0.1, 0.15) is 6.42 Å². The first kappa shape index (κ1) is 20.4. The molecule has 1 atom stereocenters. The number of fused-ring (bicyclic) bond motifs is 1. The molecule has 0 bridgehead atoms. The van der Waals surface area contributed by atoms with Crippen LogP contribution in [-0.2, 0) is 19.6 Å². The van der Waals surface area contributed by atoms with Crippen LogP contribution in [0, 0.1) is 6.92 Å². The summed E-state index contributed by atoms with van der Waals surface area (Å²) < 4.78 is 28.0. The van der Waals surface area contributed by atoms with Crippen LogP contribution >= 0.6 is 0 Å². The smallest absolute Gasteiger partial charge is 0.243 e. The standard InChI is InChI=1S/C21H24N4O4S/c1-14-3-5-16(6-4-14)25-10-9-24(13-15(25)2)30(28,29)17-7-8-18-19(11-17)23-21(27)12-20(26)22-18/h3-8,11,15H,9-10,12-13H2,1-2H3,(H,22,26)(H,23,27). The summed E-state index contributed by atoms with van der Waals surface area (Å²) >= 11 is 0. The average Bonchev–Trinajstić information content (AvgIpc) is 2.84. The van der Waals surface area contributed by atoms with E-state index in [1.807, 2.05) is 26.0 Å². The van der Waals surface area contributed by atoms with Crippen LogP contribution in [0.1, 0.15) is 18.9 Å². The van der Waals surface area contributed by atoms with Crippen molar-refractivity contribution in [2.24, 2.45) is 0 Å². The Bertz CT molecular complexity index is 1100. The highest BCUT2D eigenvalue weighted by atomic mass is 32.2. The number of amides is 2. The minimum absolute atomic E-state index is 0.0102. The second kappa shape index (κ2) is 7.73. The van der Waals surface area contributed by atoms with Crippen molar-refractivity contribution in [3.63, 3.8) is 0 Å². The highest BCUT2D eigenvalue weighted by molar-refractivity contribution is 7.89. The molecular formula is C21H24N4O4S. The Labute approximate surface area is 175 Å². The summed E-state index contributed by atoms with van der Waals surface area (Å²) in [6, 6.07) is 12.6. The van der Waals surface area contributed by atoms with E-state index in [1.165, 1.54) is 28.1 Å². The van der Waals surface area contributed by atoms with Gasteiger partial charge >= 0.3 is 0 Å². The third kappa shape index (κ3) is 3.90. The summed E-state index contributed by atoms with van der Waals surface area (Å²) in [6.45, 7) is 5.35. The van der Waals surface area contributed by atoms with E-state index in [1.54, 1.807) is 0 Å². The number of hydrogen-bond acceptors (Lipinski definition) is 5. The van der Waals surface area contributed by atoms with E-state index >= 15 is 0 Å². The number of anilines is 3. The highest BCUT2D eigenvalue weighted by Gasteiger charge is 2.33. The van der Waals surface area contributed by atoms with E-state index in [-0.39, 0.29) is 17.4 Å². The number of aryl methyl sites for hydroxylation is 1. The summed E-state index contributed by atoms with van der Waals surface area (Å²) in [5, 5.41) is 5.21. The Balaban J connectivity index is 1.55. The molecule has 9 heteroatoms. The zero-order valence-corrected chi connectivity index (χ0v) is 17.7. The Morgan fingerprint density at radius 2 is 1.60 bits per heavy atom. The summed E-state index contributed by atoms with van der Waals surface area (Å²) in [6.07, 6.45) is -0.296. The molecule has 0 radical (unpaired) electrons. The molecule has 0 aromatic heterocycles. The van der Waals surface area contributed by atoms with Crippen molar-refractivity contribution >= 4 is 38.9 Å². The minimum atomic E-state index is -3.74. The minimum Gasteiger partial charge on any atom is -0.366 e. The maximum Gasteiger partial charge on any atom is 0.243 e. The molecule has 2 N–H and O–H groups in total. The quantitative estimate of drug-likeness (QED) is 0.730. The van der Waals surface area contributed by atoms with Gasteiger partial charge in [0.15, 0.2) is 0 Å².